The lowest BCUT2D eigenvalue weighted by Gasteiger charge is -2.10. The third kappa shape index (κ3) is 4.04. The highest BCUT2D eigenvalue weighted by Gasteiger charge is 2.13. The first kappa shape index (κ1) is 19.3. The highest BCUT2D eigenvalue weighted by Crippen LogP contribution is 2.24. The first-order valence-corrected chi connectivity index (χ1v) is 9.29. The minimum Gasteiger partial charge on any atom is -0.439 e. The predicted molar refractivity (Wildman–Crippen MR) is 109 cm³/mol. The summed E-state index contributed by atoms with van der Waals surface area (Å²) in [4.78, 5) is 21.0. The van der Waals surface area contributed by atoms with Gasteiger partial charge in [-0.3, -0.25) is 4.79 Å². The van der Waals surface area contributed by atoms with E-state index in [0.717, 1.165) is 11.4 Å². The van der Waals surface area contributed by atoms with Crippen LogP contribution in [0.1, 0.15) is 33.3 Å². The van der Waals surface area contributed by atoms with E-state index in [9.17, 15) is 4.79 Å². The van der Waals surface area contributed by atoms with Gasteiger partial charge in [0.1, 0.15) is 22.9 Å². The molecule has 0 radical (unpaired) electrons. The molecule has 1 aromatic carbocycles. The van der Waals surface area contributed by atoms with Crippen LogP contribution in [0.25, 0.3) is 5.82 Å². The molecule has 0 aliphatic carbocycles. The lowest BCUT2D eigenvalue weighted by molar-refractivity contribution is 0.102. The maximum absolute atomic E-state index is 12.2. The molecule has 152 valence electrons. The number of aromatic nitrogens is 5. The van der Waals surface area contributed by atoms with Crippen molar-refractivity contribution in [3.05, 3.63) is 71.1 Å². The molecule has 0 bridgehead atoms. The average Bonchev–Trinajstić information content (AvgIpc) is 3.27. The summed E-state index contributed by atoms with van der Waals surface area (Å²) in [7, 11) is 0. The molecule has 0 unspecified atom stereocenters. The Balaban J connectivity index is 1.50. The molecule has 3 aromatic heterocycles. The van der Waals surface area contributed by atoms with Crippen molar-refractivity contribution in [3.63, 3.8) is 0 Å². The van der Waals surface area contributed by atoms with Gasteiger partial charge >= 0.3 is 0 Å². The Morgan fingerprint density at radius 1 is 1.07 bits per heavy atom. The van der Waals surface area contributed by atoms with E-state index < -0.39 is 0 Å². The number of nitrogens with one attached hydrogen (secondary N) is 1. The molecule has 0 aliphatic heterocycles. The van der Waals surface area contributed by atoms with Crippen LogP contribution < -0.4 is 10.1 Å². The smallest absolute Gasteiger partial charge is 0.260 e. The van der Waals surface area contributed by atoms with Crippen molar-refractivity contribution in [2.75, 3.05) is 5.32 Å². The fourth-order valence-corrected chi connectivity index (χ4v) is 2.99. The van der Waals surface area contributed by atoms with E-state index in [4.69, 9.17) is 9.26 Å². The van der Waals surface area contributed by atoms with Gasteiger partial charge in [0.25, 0.3) is 5.91 Å². The number of benzene rings is 1. The number of nitrogens with zero attached hydrogens (tertiary/aromatic N) is 5. The van der Waals surface area contributed by atoms with Crippen LogP contribution in [0.5, 0.6) is 11.6 Å². The van der Waals surface area contributed by atoms with E-state index in [1.54, 1.807) is 48.9 Å². The van der Waals surface area contributed by atoms with Gasteiger partial charge in [0.2, 0.25) is 5.88 Å². The fourth-order valence-electron chi connectivity index (χ4n) is 2.99. The van der Waals surface area contributed by atoms with Crippen LogP contribution in [0.15, 0.2) is 47.1 Å². The van der Waals surface area contributed by atoms with Gasteiger partial charge in [-0.25, -0.2) is 9.67 Å². The highest BCUT2D eigenvalue weighted by atomic mass is 16.5. The van der Waals surface area contributed by atoms with E-state index in [1.807, 2.05) is 19.9 Å². The lowest BCUT2D eigenvalue weighted by atomic mass is 10.2. The molecule has 0 saturated carbocycles. The summed E-state index contributed by atoms with van der Waals surface area (Å²) in [5.74, 6) is 2.36. The van der Waals surface area contributed by atoms with Crippen molar-refractivity contribution in [3.8, 4) is 17.4 Å². The number of hydrogen-bond donors (Lipinski definition) is 1. The van der Waals surface area contributed by atoms with Crippen LogP contribution in [0, 0.1) is 27.7 Å². The van der Waals surface area contributed by atoms with Gasteiger partial charge in [-0.15, -0.1) is 0 Å². The molecule has 0 atom stereocenters. The van der Waals surface area contributed by atoms with Gasteiger partial charge in [-0.2, -0.15) is 10.1 Å². The normalized spacial score (nSPS) is 10.8. The summed E-state index contributed by atoms with van der Waals surface area (Å²) in [6.45, 7) is 7.38. The number of ether oxygens (including phenoxy) is 1. The van der Waals surface area contributed by atoms with Gasteiger partial charge < -0.3 is 14.6 Å². The molecule has 1 N–H and O–H groups in total. The van der Waals surface area contributed by atoms with Crippen molar-refractivity contribution >= 4 is 11.6 Å². The maximum Gasteiger partial charge on any atom is 0.260 e. The molecule has 4 aromatic rings. The average molecular weight is 404 g/mol. The molecule has 1 amide bonds. The number of anilines is 1. The van der Waals surface area contributed by atoms with Crippen molar-refractivity contribution in [2.45, 2.75) is 27.7 Å². The second kappa shape index (κ2) is 7.78. The van der Waals surface area contributed by atoms with Crippen LogP contribution in [0.2, 0.25) is 0 Å². The summed E-state index contributed by atoms with van der Waals surface area (Å²) in [5, 5.41) is 10.9. The minimum absolute atomic E-state index is 0.289. The van der Waals surface area contributed by atoms with Crippen molar-refractivity contribution in [1.29, 1.82) is 0 Å². The maximum atomic E-state index is 12.2. The monoisotopic (exact) mass is 404 g/mol. The number of rotatable bonds is 5. The Bertz CT molecular complexity index is 1210. The number of carbonyl (C=O) groups excluding carboxylic acids is 1. The van der Waals surface area contributed by atoms with E-state index in [2.05, 4.69) is 25.5 Å². The fraction of sp³-hybridized carbons (Fsp3) is 0.190. The molecule has 9 nitrogen and oxygen atoms in total. The first-order chi connectivity index (χ1) is 14.4. The molecular weight excluding hydrogens is 384 g/mol. The molecular formula is C21H20N6O3. The van der Waals surface area contributed by atoms with Gasteiger partial charge in [0, 0.05) is 17.4 Å². The standard InChI is InChI=1S/C21H20N6O3/c1-12-9-13(2)27(26-12)19-10-20(24-15(4)23-19)29-17-7-5-16(6-8-17)25-21(28)18-11-22-30-14(18)3/h5-11H,1-4H3,(H,25,28). The zero-order valence-corrected chi connectivity index (χ0v) is 17.0. The van der Waals surface area contributed by atoms with Crippen LogP contribution in [-0.4, -0.2) is 30.8 Å². The van der Waals surface area contributed by atoms with E-state index in [1.165, 1.54) is 6.20 Å². The molecule has 0 aliphatic rings. The van der Waals surface area contributed by atoms with Crippen molar-refractivity contribution < 1.29 is 14.1 Å². The van der Waals surface area contributed by atoms with Crippen LogP contribution in [-0.2, 0) is 0 Å². The van der Waals surface area contributed by atoms with Gasteiger partial charge in [-0.1, -0.05) is 5.16 Å². The van der Waals surface area contributed by atoms with Crippen molar-refractivity contribution in [2.24, 2.45) is 0 Å². The first-order valence-electron chi connectivity index (χ1n) is 9.29. The number of aryl methyl sites for hydroxylation is 4. The summed E-state index contributed by atoms with van der Waals surface area (Å²) in [6, 6.07) is 10.7. The summed E-state index contributed by atoms with van der Waals surface area (Å²) < 4.78 is 12.6. The highest BCUT2D eigenvalue weighted by molar-refractivity contribution is 6.04. The Morgan fingerprint density at radius 2 is 1.83 bits per heavy atom. The Morgan fingerprint density at radius 3 is 2.47 bits per heavy atom. The molecule has 0 spiro atoms. The zero-order valence-electron chi connectivity index (χ0n) is 17.0. The van der Waals surface area contributed by atoms with E-state index in [0.29, 0.717) is 40.3 Å². The Labute approximate surface area is 172 Å². The number of amides is 1. The summed E-state index contributed by atoms with van der Waals surface area (Å²) in [5.41, 5.74) is 2.89. The largest absolute Gasteiger partial charge is 0.439 e. The quantitative estimate of drug-likeness (QED) is 0.537. The Hall–Kier alpha value is -4.01. The van der Waals surface area contributed by atoms with Gasteiger partial charge in [0.15, 0.2) is 5.82 Å². The van der Waals surface area contributed by atoms with E-state index >= 15 is 0 Å². The molecule has 4 rings (SSSR count). The summed E-state index contributed by atoms with van der Waals surface area (Å²) in [6.07, 6.45) is 1.39. The van der Waals surface area contributed by atoms with E-state index in [-0.39, 0.29) is 5.91 Å². The topological polar surface area (TPSA) is 108 Å². The van der Waals surface area contributed by atoms with Crippen LogP contribution in [0.3, 0.4) is 0 Å². The summed E-state index contributed by atoms with van der Waals surface area (Å²) >= 11 is 0. The molecule has 0 fully saturated rings. The second-order valence-electron chi connectivity index (χ2n) is 6.83. The number of hydrogen-bond acceptors (Lipinski definition) is 7. The Kier molecular flexibility index (Phi) is 5.01. The predicted octanol–water partition coefficient (Wildman–Crippen LogP) is 3.93. The molecule has 30 heavy (non-hydrogen) atoms. The molecule has 0 saturated heterocycles. The zero-order chi connectivity index (χ0) is 21.3. The second-order valence-corrected chi connectivity index (χ2v) is 6.83. The van der Waals surface area contributed by atoms with Crippen LogP contribution >= 0.6 is 0 Å². The molecule has 9 heteroatoms. The van der Waals surface area contributed by atoms with Gasteiger partial charge in [0.05, 0.1) is 11.9 Å². The minimum atomic E-state index is -0.289. The third-order valence-corrected chi connectivity index (χ3v) is 4.36. The van der Waals surface area contributed by atoms with Crippen LogP contribution in [0.4, 0.5) is 5.69 Å². The van der Waals surface area contributed by atoms with Crippen molar-refractivity contribution in [1.82, 2.24) is 24.9 Å². The number of carbonyl (C=O) groups is 1. The lowest BCUT2D eigenvalue weighted by Crippen LogP contribution is -2.11. The van der Waals surface area contributed by atoms with Gasteiger partial charge in [-0.05, 0) is 58.0 Å². The molecule has 3 heterocycles. The third-order valence-electron chi connectivity index (χ3n) is 4.36. The SMILES string of the molecule is Cc1cc(C)n(-c2cc(Oc3ccc(NC(=O)c4cnoc4C)cc3)nc(C)n2)n1.